The molecule has 2 rings (SSSR count). The van der Waals surface area contributed by atoms with Gasteiger partial charge in [0.2, 0.25) is 0 Å². The lowest BCUT2D eigenvalue weighted by atomic mass is 9.83. The lowest BCUT2D eigenvalue weighted by Crippen LogP contribution is -2.43. The van der Waals surface area contributed by atoms with Crippen molar-refractivity contribution in [1.82, 2.24) is 10.6 Å². The molecule has 0 amide bonds. The molecule has 0 bridgehead atoms. The molecule has 0 radical (unpaired) electrons. The lowest BCUT2D eigenvalue weighted by molar-refractivity contribution is 0.138. The maximum absolute atomic E-state index is 5.48. The zero-order valence-corrected chi connectivity index (χ0v) is 20.0. The standard InChI is InChI=1S/C21H35N3O3.HI/c1-5-22-20(24-16-21(12-13-25-2)10-6-7-11-21)23-15-17-8-9-18(26-3)14-19(17)27-4;/h8-9,14H,5-7,10-13,15-16H2,1-4H3,(H2,22,23,24);1H. The van der Waals surface area contributed by atoms with Gasteiger partial charge in [0.1, 0.15) is 11.5 Å². The molecule has 0 atom stereocenters. The summed E-state index contributed by atoms with van der Waals surface area (Å²) < 4.78 is 16.1. The Bertz CT molecular complexity index is 605. The SMILES string of the molecule is CCNC(=NCc1ccc(OC)cc1OC)NCC1(CCOC)CCCC1.I. The maximum atomic E-state index is 5.48. The number of methoxy groups -OCH3 is 3. The summed E-state index contributed by atoms with van der Waals surface area (Å²) in [4.78, 5) is 4.76. The summed E-state index contributed by atoms with van der Waals surface area (Å²) in [6, 6.07) is 5.83. The molecule has 1 fully saturated rings. The van der Waals surface area contributed by atoms with Crippen LogP contribution in [0, 0.1) is 5.41 Å². The fourth-order valence-electron chi connectivity index (χ4n) is 3.72. The molecule has 0 spiro atoms. The Hall–Kier alpha value is -1.22. The zero-order chi connectivity index (χ0) is 19.5. The third kappa shape index (κ3) is 7.31. The van der Waals surface area contributed by atoms with E-state index < -0.39 is 0 Å². The quantitative estimate of drug-likeness (QED) is 0.286. The first-order valence-electron chi connectivity index (χ1n) is 9.88. The number of hydrogen-bond donors (Lipinski definition) is 2. The Labute approximate surface area is 186 Å². The van der Waals surface area contributed by atoms with Gasteiger partial charge in [-0.25, -0.2) is 4.99 Å². The van der Waals surface area contributed by atoms with E-state index in [2.05, 4.69) is 17.6 Å². The highest BCUT2D eigenvalue weighted by Gasteiger charge is 2.33. The number of rotatable bonds is 10. The second-order valence-electron chi connectivity index (χ2n) is 7.18. The number of benzene rings is 1. The minimum atomic E-state index is 0. The smallest absolute Gasteiger partial charge is 0.191 e. The molecular weight excluding hydrogens is 469 g/mol. The van der Waals surface area contributed by atoms with Gasteiger partial charge in [-0.3, -0.25) is 0 Å². The zero-order valence-electron chi connectivity index (χ0n) is 17.7. The molecule has 1 aliphatic carbocycles. The monoisotopic (exact) mass is 505 g/mol. The summed E-state index contributed by atoms with van der Waals surface area (Å²) in [7, 11) is 5.11. The molecule has 160 valence electrons. The van der Waals surface area contributed by atoms with E-state index in [1.165, 1.54) is 25.7 Å². The average Bonchev–Trinajstić information content (AvgIpc) is 3.17. The van der Waals surface area contributed by atoms with Crippen molar-refractivity contribution < 1.29 is 14.2 Å². The van der Waals surface area contributed by atoms with Crippen LogP contribution >= 0.6 is 24.0 Å². The van der Waals surface area contributed by atoms with Crippen LogP contribution in [0.2, 0.25) is 0 Å². The molecule has 6 nitrogen and oxygen atoms in total. The van der Waals surface area contributed by atoms with Crippen molar-refractivity contribution in [3.63, 3.8) is 0 Å². The Morgan fingerprint density at radius 3 is 2.46 bits per heavy atom. The van der Waals surface area contributed by atoms with E-state index in [1.54, 1.807) is 21.3 Å². The summed E-state index contributed by atoms with van der Waals surface area (Å²) in [5, 5.41) is 6.91. The van der Waals surface area contributed by atoms with Crippen molar-refractivity contribution >= 4 is 29.9 Å². The van der Waals surface area contributed by atoms with Crippen molar-refractivity contribution in [3.05, 3.63) is 23.8 Å². The molecule has 0 unspecified atom stereocenters. The molecule has 0 aromatic heterocycles. The number of aliphatic imine (C=N–C) groups is 1. The molecular formula is C21H36IN3O3. The van der Waals surface area contributed by atoms with Crippen LogP contribution in [-0.4, -0.2) is 47.0 Å². The minimum absolute atomic E-state index is 0. The third-order valence-electron chi connectivity index (χ3n) is 5.38. The maximum Gasteiger partial charge on any atom is 0.191 e. The van der Waals surface area contributed by atoms with Gasteiger partial charge in [0.25, 0.3) is 0 Å². The second-order valence-corrected chi connectivity index (χ2v) is 7.18. The lowest BCUT2D eigenvalue weighted by Gasteiger charge is -2.30. The summed E-state index contributed by atoms with van der Waals surface area (Å²) in [5.74, 6) is 2.42. The first-order chi connectivity index (χ1) is 13.2. The molecule has 1 saturated carbocycles. The summed E-state index contributed by atoms with van der Waals surface area (Å²) in [6.07, 6.45) is 6.23. The first-order valence-corrected chi connectivity index (χ1v) is 9.88. The normalized spacial score (nSPS) is 15.6. The van der Waals surface area contributed by atoms with E-state index in [1.807, 2.05) is 18.2 Å². The predicted molar refractivity (Wildman–Crippen MR) is 125 cm³/mol. The van der Waals surface area contributed by atoms with Crippen molar-refractivity contribution in [1.29, 1.82) is 0 Å². The van der Waals surface area contributed by atoms with Crippen molar-refractivity contribution in [2.45, 2.75) is 45.6 Å². The largest absolute Gasteiger partial charge is 0.497 e. The van der Waals surface area contributed by atoms with Crippen LogP contribution in [0.25, 0.3) is 0 Å². The third-order valence-corrected chi connectivity index (χ3v) is 5.38. The highest BCUT2D eigenvalue weighted by atomic mass is 127. The van der Waals surface area contributed by atoms with Crippen LogP contribution in [0.15, 0.2) is 23.2 Å². The highest BCUT2D eigenvalue weighted by Crippen LogP contribution is 2.40. The average molecular weight is 505 g/mol. The summed E-state index contributed by atoms with van der Waals surface area (Å²) >= 11 is 0. The van der Waals surface area contributed by atoms with Gasteiger partial charge < -0.3 is 24.8 Å². The number of nitrogens with zero attached hydrogens (tertiary/aromatic N) is 1. The molecule has 1 aromatic rings. The van der Waals surface area contributed by atoms with Gasteiger partial charge in [0.15, 0.2) is 5.96 Å². The number of nitrogens with one attached hydrogen (secondary N) is 2. The Kier molecular flexibility index (Phi) is 11.6. The molecule has 28 heavy (non-hydrogen) atoms. The number of halogens is 1. The van der Waals surface area contributed by atoms with E-state index >= 15 is 0 Å². The van der Waals surface area contributed by atoms with E-state index in [0.717, 1.165) is 49.1 Å². The van der Waals surface area contributed by atoms with Crippen LogP contribution < -0.4 is 20.1 Å². The van der Waals surface area contributed by atoms with Crippen molar-refractivity contribution in [3.8, 4) is 11.5 Å². The summed E-state index contributed by atoms with van der Waals surface area (Å²) in [5.41, 5.74) is 1.36. The second kappa shape index (κ2) is 13.1. The Morgan fingerprint density at radius 2 is 1.86 bits per heavy atom. The molecule has 0 saturated heterocycles. The van der Waals surface area contributed by atoms with E-state index in [0.29, 0.717) is 12.0 Å². The van der Waals surface area contributed by atoms with Gasteiger partial charge in [0, 0.05) is 38.4 Å². The van der Waals surface area contributed by atoms with Crippen LogP contribution in [0.5, 0.6) is 11.5 Å². The van der Waals surface area contributed by atoms with Gasteiger partial charge in [-0.15, -0.1) is 24.0 Å². The molecule has 1 aliphatic rings. The fraction of sp³-hybridized carbons (Fsp3) is 0.667. The van der Waals surface area contributed by atoms with E-state index in [4.69, 9.17) is 19.2 Å². The fourth-order valence-corrected chi connectivity index (χ4v) is 3.72. The van der Waals surface area contributed by atoms with Crippen LogP contribution in [-0.2, 0) is 11.3 Å². The van der Waals surface area contributed by atoms with Gasteiger partial charge in [0.05, 0.1) is 20.8 Å². The molecule has 2 N–H and O–H groups in total. The Balaban J connectivity index is 0.00000392. The molecule has 7 heteroatoms. The highest BCUT2D eigenvalue weighted by molar-refractivity contribution is 14.0. The van der Waals surface area contributed by atoms with Crippen molar-refractivity contribution in [2.75, 3.05) is 41.0 Å². The van der Waals surface area contributed by atoms with Gasteiger partial charge in [-0.2, -0.15) is 0 Å². The predicted octanol–water partition coefficient (Wildman–Crippen LogP) is 3.97. The number of hydrogen-bond acceptors (Lipinski definition) is 4. The minimum Gasteiger partial charge on any atom is -0.497 e. The number of ether oxygens (including phenoxy) is 3. The van der Waals surface area contributed by atoms with Crippen LogP contribution in [0.3, 0.4) is 0 Å². The van der Waals surface area contributed by atoms with Gasteiger partial charge in [-0.05, 0) is 43.7 Å². The van der Waals surface area contributed by atoms with Crippen molar-refractivity contribution in [2.24, 2.45) is 10.4 Å². The number of guanidine groups is 1. The van der Waals surface area contributed by atoms with Gasteiger partial charge in [-0.1, -0.05) is 12.8 Å². The molecule has 1 aromatic carbocycles. The topological polar surface area (TPSA) is 64.1 Å². The molecule has 0 aliphatic heterocycles. The first kappa shape index (κ1) is 24.8. The van der Waals surface area contributed by atoms with E-state index in [-0.39, 0.29) is 24.0 Å². The Morgan fingerprint density at radius 1 is 1.11 bits per heavy atom. The van der Waals surface area contributed by atoms with Crippen LogP contribution in [0.1, 0.15) is 44.6 Å². The van der Waals surface area contributed by atoms with E-state index in [9.17, 15) is 0 Å². The summed E-state index contributed by atoms with van der Waals surface area (Å²) in [6.45, 7) is 5.21. The van der Waals surface area contributed by atoms with Crippen LogP contribution in [0.4, 0.5) is 0 Å². The molecule has 0 heterocycles. The van der Waals surface area contributed by atoms with Gasteiger partial charge >= 0.3 is 0 Å².